The van der Waals surface area contributed by atoms with E-state index < -0.39 is 6.10 Å². The van der Waals surface area contributed by atoms with Crippen LogP contribution in [0.5, 0.6) is 5.75 Å². The van der Waals surface area contributed by atoms with E-state index in [0.717, 1.165) is 50.2 Å². The lowest BCUT2D eigenvalue weighted by Gasteiger charge is -2.39. The quantitative estimate of drug-likeness (QED) is 0.538. The number of anilines is 2. The minimum absolute atomic E-state index is 0.417. The highest BCUT2D eigenvalue weighted by molar-refractivity contribution is 5.72. The zero-order valence-corrected chi connectivity index (χ0v) is 18.7. The predicted octanol–water partition coefficient (Wildman–Crippen LogP) is 5.52. The summed E-state index contributed by atoms with van der Waals surface area (Å²) in [6.45, 7) is 3.23. The Kier molecular flexibility index (Phi) is 6.15. The SMILES string of the molecule is COc1ccc(C(O)CCCN2CC[C@H]3[C@H](C2)c2ccccc2N3c2ccccc2)cc1. The molecule has 2 heterocycles. The number of nitrogens with zero attached hydrogens (tertiary/aromatic N) is 2. The fraction of sp³-hybridized carbons (Fsp3) is 0.357. The van der Waals surface area contributed by atoms with E-state index in [1.54, 1.807) is 7.11 Å². The van der Waals surface area contributed by atoms with Crippen molar-refractivity contribution in [3.05, 3.63) is 90.0 Å². The van der Waals surface area contributed by atoms with E-state index in [1.807, 2.05) is 24.3 Å². The van der Waals surface area contributed by atoms with Gasteiger partial charge in [-0.3, -0.25) is 0 Å². The molecule has 4 nitrogen and oxygen atoms in total. The highest BCUT2D eigenvalue weighted by Crippen LogP contribution is 2.48. The monoisotopic (exact) mass is 428 g/mol. The Morgan fingerprint density at radius 2 is 1.72 bits per heavy atom. The fourth-order valence-electron chi connectivity index (χ4n) is 5.44. The molecule has 0 aliphatic carbocycles. The topological polar surface area (TPSA) is 35.9 Å². The van der Waals surface area contributed by atoms with Crippen LogP contribution in [0.15, 0.2) is 78.9 Å². The summed E-state index contributed by atoms with van der Waals surface area (Å²) in [5, 5.41) is 10.6. The van der Waals surface area contributed by atoms with Crippen molar-refractivity contribution in [2.24, 2.45) is 0 Å². The third kappa shape index (κ3) is 4.13. The van der Waals surface area contributed by atoms with Crippen molar-refractivity contribution in [1.82, 2.24) is 4.90 Å². The zero-order valence-electron chi connectivity index (χ0n) is 18.7. The van der Waals surface area contributed by atoms with E-state index in [2.05, 4.69) is 64.4 Å². The van der Waals surface area contributed by atoms with Crippen molar-refractivity contribution in [3.63, 3.8) is 0 Å². The minimum Gasteiger partial charge on any atom is -0.497 e. The first-order chi connectivity index (χ1) is 15.7. The van der Waals surface area contributed by atoms with Gasteiger partial charge in [0.2, 0.25) is 0 Å². The van der Waals surface area contributed by atoms with Gasteiger partial charge in [0.25, 0.3) is 0 Å². The minimum atomic E-state index is -0.417. The van der Waals surface area contributed by atoms with Gasteiger partial charge in [-0.1, -0.05) is 48.5 Å². The average Bonchev–Trinajstić information content (AvgIpc) is 3.18. The molecule has 0 bridgehead atoms. The lowest BCUT2D eigenvalue weighted by molar-refractivity contribution is 0.145. The normalized spacial score (nSPS) is 21.1. The molecule has 2 aliphatic rings. The second kappa shape index (κ2) is 9.35. The Labute approximate surface area is 191 Å². The molecule has 0 aromatic heterocycles. The highest BCUT2D eigenvalue weighted by Gasteiger charge is 2.42. The van der Waals surface area contributed by atoms with Crippen LogP contribution in [0.1, 0.15) is 42.4 Å². The number of aliphatic hydroxyl groups excluding tert-OH is 1. The number of benzene rings is 3. The Bertz CT molecular complexity index is 1020. The molecule has 3 aromatic rings. The van der Waals surface area contributed by atoms with Crippen molar-refractivity contribution in [1.29, 1.82) is 0 Å². The Morgan fingerprint density at radius 1 is 0.969 bits per heavy atom. The van der Waals surface area contributed by atoms with E-state index in [-0.39, 0.29) is 0 Å². The van der Waals surface area contributed by atoms with Crippen LogP contribution in [-0.4, -0.2) is 42.8 Å². The van der Waals surface area contributed by atoms with Gasteiger partial charge in [0.1, 0.15) is 5.75 Å². The van der Waals surface area contributed by atoms with Gasteiger partial charge in [0, 0.05) is 36.4 Å². The fourth-order valence-corrected chi connectivity index (χ4v) is 5.44. The van der Waals surface area contributed by atoms with Gasteiger partial charge in [0.15, 0.2) is 0 Å². The molecule has 0 spiro atoms. The summed E-state index contributed by atoms with van der Waals surface area (Å²) >= 11 is 0. The predicted molar refractivity (Wildman–Crippen MR) is 130 cm³/mol. The van der Waals surface area contributed by atoms with Crippen molar-refractivity contribution in [2.75, 3.05) is 31.6 Å². The molecule has 2 aliphatic heterocycles. The molecular weight excluding hydrogens is 396 g/mol. The molecule has 1 unspecified atom stereocenters. The van der Waals surface area contributed by atoms with Gasteiger partial charge in [0.05, 0.1) is 13.2 Å². The zero-order chi connectivity index (χ0) is 21.9. The summed E-state index contributed by atoms with van der Waals surface area (Å²) < 4.78 is 5.21. The van der Waals surface area contributed by atoms with Crippen LogP contribution in [0.2, 0.25) is 0 Å². The van der Waals surface area contributed by atoms with E-state index >= 15 is 0 Å². The van der Waals surface area contributed by atoms with Crippen molar-refractivity contribution in [3.8, 4) is 5.75 Å². The maximum Gasteiger partial charge on any atom is 0.118 e. The molecule has 0 amide bonds. The summed E-state index contributed by atoms with van der Waals surface area (Å²) in [5.41, 5.74) is 5.10. The van der Waals surface area contributed by atoms with Crippen LogP contribution >= 0.6 is 0 Å². The molecule has 0 saturated carbocycles. The van der Waals surface area contributed by atoms with Gasteiger partial charge >= 0.3 is 0 Å². The third-order valence-corrected chi connectivity index (χ3v) is 7.07. The summed E-state index contributed by atoms with van der Waals surface area (Å²) in [6.07, 6.45) is 2.52. The van der Waals surface area contributed by atoms with Gasteiger partial charge < -0.3 is 19.6 Å². The van der Waals surface area contributed by atoms with Crippen LogP contribution in [0, 0.1) is 0 Å². The van der Waals surface area contributed by atoms with Crippen LogP contribution in [0.4, 0.5) is 11.4 Å². The lowest BCUT2D eigenvalue weighted by atomic mass is 9.89. The summed E-state index contributed by atoms with van der Waals surface area (Å²) in [6, 6.07) is 28.0. The second-order valence-electron chi connectivity index (χ2n) is 8.96. The standard InChI is InChI=1S/C28H32N2O2/c1-32-23-15-13-21(14-16-23)28(31)12-7-18-29-19-17-27-25(20-29)24-10-5-6-11-26(24)30(27)22-8-3-2-4-9-22/h2-6,8-11,13-16,25,27-28,31H,7,12,17-20H2,1H3/t25-,27+,28?/m1/s1. The number of likely N-dealkylation sites (tertiary alicyclic amines) is 1. The van der Waals surface area contributed by atoms with E-state index in [0.29, 0.717) is 12.0 Å². The highest BCUT2D eigenvalue weighted by atomic mass is 16.5. The maximum atomic E-state index is 10.6. The molecule has 1 N–H and O–H groups in total. The van der Waals surface area contributed by atoms with Crippen LogP contribution in [-0.2, 0) is 0 Å². The lowest BCUT2D eigenvalue weighted by Crippen LogP contribution is -2.45. The van der Waals surface area contributed by atoms with Crippen molar-refractivity contribution >= 4 is 11.4 Å². The number of rotatable bonds is 7. The number of aliphatic hydroxyl groups is 1. The molecule has 3 atom stereocenters. The summed E-state index contributed by atoms with van der Waals surface area (Å²) in [7, 11) is 1.66. The molecule has 5 rings (SSSR count). The molecule has 166 valence electrons. The number of methoxy groups -OCH3 is 1. The Morgan fingerprint density at radius 3 is 2.50 bits per heavy atom. The molecule has 1 fully saturated rings. The molecule has 1 saturated heterocycles. The van der Waals surface area contributed by atoms with Gasteiger partial charge in [-0.2, -0.15) is 0 Å². The first-order valence-electron chi connectivity index (χ1n) is 11.7. The first-order valence-corrected chi connectivity index (χ1v) is 11.7. The third-order valence-electron chi connectivity index (χ3n) is 7.07. The van der Waals surface area contributed by atoms with E-state index in [9.17, 15) is 5.11 Å². The first kappa shape index (κ1) is 21.0. The smallest absolute Gasteiger partial charge is 0.118 e. The Hall–Kier alpha value is -2.82. The number of para-hydroxylation sites is 2. The molecular formula is C28H32N2O2. The summed E-state index contributed by atoms with van der Waals surface area (Å²) in [5.74, 6) is 1.36. The maximum absolute atomic E-state index is 10.6. The van der Waals surface area contributed by atoms with Crippen molar-refractivity contribution < 1.29 is 9.84 Å². The van der Waals surface area contributed by atoms with E-state index in [4.69, 9.17) is 4.74 Å². The second-order valence-corrected chi connectivity index (χ2v) is 8.96. The molecule has 3 aromatic carbocycles. The summed E-state index contributed by atoms with van der Waals surface area (Å²) in [4.78, 5) is 5.15. The van der Waals surface area contributed by atoms with Gasteiger partial charge in [-0.05, 0) is 67.3 Å². The van der Waals surface area contributed by atoms with Gasteiger partial charge in [-0.25, -0.2) is 0 Å². The number of hydrogen-bond acceptors (Lipinski definition) is 4. The number of hydrogen-bond donors (Lipinski definition) is 1. The molecule has 32 heavy (non-hydrogen) atoms. The number of ether oxygens (including phenoxy) is 1. The molecule has 4 heteroatoms. The Balaban J connectivity index is 1.22. The van der Waals surface area contributed by atoms with E-state index in [1.165, 1.54) is 16.9 Å². The van der Waals surface area contributed by atoms with Crippen LogP contribution in [0.3, 0.4) is 0 Å². The van der Waals surface area contributed by atoms with Crippen LogP contribution in [0.25, 0.3) is 0 Å². The average molecular weight is 429 g/mol. The van der Waals surface area contributed by atoms with Crippen molar-refractivity contribution in [2.45, 2.75) is 37.3 Å². The molecule has 0 radical (unpaired) electrons. The number of fused-ring (bicyclic) bond motifs is 3. The number of piperidine rings is 1. The largest absolute Gasteiger partial charge is 0.497 e. The van der Waals surface area contributed by atoms with Crippen LogP contribution < -0.4 is 9.64 Å². The van der Waals surface area contributed by atoms with Gasteiger partial charge in [-0.15, -0.1) is 0 Å².